The normalized spacial score (nSPS) is 11.6. The lowest BCUT2D eigenvalue weighted by Gasteiger charge is -2.09. The van der Waals surface area contributed by atoms with Crippen molar-refractivity contribution in [3.63, 3.8) is 0 Å². The molecular formula is C12H6ClF4N. The Balaban J connectivity index is 2.60. The minimum atomic E-state index is -4.62. The first-order chi connectivity index (χ1) is 8.38. The molecule has 1 aromatic heterocycles. The van der Waals surface area contributed by atoms with E-state index in [1.54, 1.807) is 0 Å². The molecule has 6 heteroatoms. The van der Waals surface area contributed by atoms with Crippen molar-refractivity contribution in [3.8, 4) is 11.1 Å². The van der Waals surface area contributed by atoms with Gasteiger partial charge in [-0.2, -0.15) is 13.2 Å². The number of aromatic nitrogens is 1. The van der Waals surface area contributed by atoms with Crippen LogP contribution in [0, 0.1) is 5.82 Å². The van der Waals surface area contributed by atoms with Crippen molar-refractivity contribution in [2.24, 2.45) is 0 Å². The molecule has 1 nitrogen and oxygen atoms in total. The van der Waals surface area contributed by atoms with Crippen LogP contribution in [0.2, 0.25) is 5.15 Å². The predicted octanol–water partition coefficient (Wildman–Crippen LogP) is 4.56. The van der Waals surface area contributed by atoms with Crippen LogP contribution in [-0.4, -0.2) is 4.98 Å². The molecule has 18 heavy (non-hydrogen) atoms. The lowest BCUT2D eigenvalue weighted by molar-refractivity contribution is -0.141. The lowest BCUT2D eigenvalue weighted by Crippen LogP contribution is -2.08. The van der Waals surface area contributed by atoms with E-state index in [1.165, 1.54) is 24.3 Å². The van der Waals surface area contributed by atoms with E-state index in [0.29, 0.717) is 0 Å². The zero-order valence-corrected chi connectivity index (χ0v) is 9.56. The fourth-order valence-corrected chi connectivity index (χ4v) is 1.70. The molecule has 0 fully saturated rings. The van der Waals surface area contributed by atoms with Gasteiger partial charge in [0.05, 0.1) is 0 Å². The second-order valence-electron chi connectivity index (χ2n) is 3.54. The summed E-state index contributed by atoms with van der Waals surface area (Å²) in [5.74, 6) is -0.618. The summed E-state index contributed by atoms with van der Waals surface area (Å²) >= 11 is 5.52. The molecule has 94 valence electrons. The maximum atomic E-state index is 13.5. The maximum absolute atomic E-state index is 13.5. The standard InChI is InChI=1S/C12H6ClF4N/c13-11-6-7(5-10(18-11)12(15,16)17)8-3-1-2-4-9(8)14/h1-6H. The second-order valence-corrected chi connectivity index (χ2v) is 3.93. The van der Waals surface area contributed by atoms with Gasteiger partial charge in [0.1, 0.15) is 16.7 Å². The third-order valence-corrected chi connectivity index (χ3v) is 2.46. The molecule has 2 rings (SSSR count). The highest BCUT2D eigenvalue weighted by molar-refractivity contribution is 6.29. The summed E-state index contributed by atoms with van der Waals surface area (Å²) in [5, 5.41) is -0.330. The Hall–Kier alpha value is -1.62. The molecule has 0 amide bonds. The van der Waals surface area contributed by atoms with E-state index in [-0.39, 0.29) is 16.3 Å². The molecule has 2 aromatic rings. The third kappa shape index (κ3) is 2.61. The average Bonchev–Trinajstić information content (AvgIpc) is 2.27. The summed E-state index contributed by atoms with van der Waals surface area (Å²) in [4.78, 5) is 3.18. The first kappa shape index (κ1) is 12.8. The minimum absolute atomic E-state index is 0.0421. The smallest absolute Gasteiger partial charge is 0.232 e. The maximum Gasteiger partial charge on any atom is 0.433 e. The van der Waals surface area contributed by atoms with Gasteiger partial charge in [-0.15, -0.1) is 0 Å². The highest BCUT2D eigenvalue weighted by atomic mass is 35.5. The number of pyridine rings is 1. The van der Waals surface area contributed by atoms with Crippen LogP contribution in [0.4, 0.5) is 17.6 Å². The molecule has 0 atom stereocenters. The van der Waals surface area contributed by atoms with Gasteiger partial charge in [0.25, 0.3) is 0 Å². The van der Waals surface area contributed by atoms with Gasteiger partial charge in [-0.1, -0.05) is 29.8 Å². The number of hydrogen-bond acceptors (Lipinski definition) is 1. The van der Waals surface area contributed by atoms with Crippen LogP contribution < -0.4 is 0 Å². The van der Waals surface area contributed by atoms with Gasteiger partial charge in [0.2, 0.25) is 0 Å². The zero-order chi connectivity index (χ0) is 13.3. The molecule has 0 saturated carbocycles. The monoisotopic (exact) mass is 275 g/mol. The third-order valence-electron chi connectivity index (χ3n) is 2.27. The minimum Gasteiger partial charge on any atom is -0.232 e. The van der Waals surface area contributed by atoms with Crippen LogP contribution in [0.1, 0.15) is 5.69 Å². The van der Waals surface area contributed by atoms with Gasteiger partial charge in [0.15, 0.2) is 0 Å². The van der Waals surface area contributed by atoms with Crippen LogP contribution in [0.3, 0.4) is 0 Å². The van der Waals surface area contributed by atoms with E-state index >= 15 is 0 Å². The van der Waals surface area contributed by atoms with Gasteiger partial charge in [-0.3, -0.25) is 0 Å². The Morgan fingerprint density at radius 2 is 1.72 bits per heavy atom. The first-order valence-electron chi connectivity index (χ1n) is 4.87. The predicted molar refractivity (Wildman–Crippen MR) is 59.6 cm³/mol. The van der Waals surface area contributed by atoms with Gasteiger partial charge in [-0.25, -0.2) is 9.37 Å². The summed E-state index contributed by atoms with van der Waals surface area (Å²) in [7, 11) is 0. The Labute approximate surface area is 105 Å². The van der Waals surface area contributed by atoms with E-state index < -0.39 is 17.7 Å². The molecule has 0 saturated heterocycles. The van der Waals surface area contributed by atoms with Gasteiger partial charge in [0, 0.05) is 5.56 Å². The summed E-state index contributed by atoms with van der Waals surface area (Å²) in [6, 6.07) is 7.48. The topological polar surface area (TPSA) is 12.9 Å². The SMILES string of the molecule is Fc1ccccc1-c1cc(Cl)nc(C(F)(F)F)c1. The van der Waals surface area contributed by atoms with Crippen LogP contribution in [0.25, 0.3) is 11.1 Å². The highest BCUT2D eigenvalue weighted by Gasteiger charge is 2.33. The van der Waals surface area contributed by atoms with Crippen molar-refractivity contribution in [3.05, 3.63) is 53.1 Å². The fraction of sp³-hybridized carbons (Fsp3) is 0.0833. The summed E-state index contributed by atoms with van der Waals surface area (Å²) in [6.07, 6.45) is -4.62. The molecule has 0 bridgehead atoms. The van der Waals surface area contributed by atoms with Gasteiger partial charge in [-0.05, 0) is 23.8 Å². The summed E-state index contributed by atoms with van der Waals surface area (Å²) in [6.45, 7) is 0. The van der Waals surface area contributed by atoms with Gasteiger partial charge >= 0.3 is 6.18 Å². The molecule has 0 aliphatic carbocycles. The lowest BCUT2D eigenvalue weighted by atomic mass is 10.1. The number of benzene rings is 1. The van der Waals surface area contributed by atoms with Crippen LogP contribution in [0.15, 0.2) is 36.4 Å². The summed E-state index contributed by atoms with van der Waals surface area (Å²) < 4.78 is 51.1. The Kier molecular flexibility index (Phi) is 3.26. The molecular weight excluding hydrogens is 270 g/mol. The van der Waals surface area contributed by atoms with Crippen molar-refractivity contribution in [2.45, 2.75) is 6.18 Å². The Morgan fingerprint density at radius 1 is 1.06 bits per heavy atom. The molecule has 0 aliphatic heterocycles. The van der Waals surface area contributed by atoms with Crippen molar-refractivity contribution in [1.29, 1.82) is 0 Å². The van der Waals surface area contributed by atoms with E-state index in [1.807, 2.05) is 0 Å². The van der Waals surface area contributed by atoms with E-state index in [0.717, 1.165) is 12.1 Å². The number of hydrogen-bond donors (Lipinski definition) is 0. The second kappa shape index (κ2) is 4.57. The van der Waals surface area contributed by atoms with Gasteiger partial charge < -0.3 is 0 Å². The highest BCUT2D eigenvalue weighted by Crippen LogP contribution is 2.33. The van der Waals surface area contributed by atoms with E-state index in [4.69, 9.17) is 11.6 Å². The molecule has 0 aliphatic rings. The molecule has 1 aromatic carbocycles. The average molecular weight is 276 g/mol. The largest absolute Gasteiger partial charge is 0.433 e. The number of rotatable bonds is 1. The Bertz CT molecular complexity index is 581. The fourth-order valence-electron chi connectivity index (χ4n) is 1.49. The molecule has 0 N–H and O–H groups in total. The summed E-state index contributed by atoms with van der Waals surface area (Å²) in [5.41, 5.74) is -1.05. The molecule has 0 unspecified atom stereocenters. The number of alkyl halides is 3. The van der Waals surface area contributed by atoms with Crippen molar-refractivity contribution >= 4 is 11.6 Å². The van der Waals surface area contributed by atoms with Crippen LogP contribution in [-0.2, 0) is 6.18 Å². The molecule has 0 radical (unpaired) electrons. The quantitative estimate of drug-likeness (QED) is 0.549. The molecule has 0 spiro atoms. The van der Waals surface area contributed by atoms with E-state index in [2.05, 4.69) is 4.98 Å². The van der Waals surface area contributed by atoms with Crippen molar-refractivity contribution in [1.82, 2.24) is 4.98 Å². The van der Waals surface area contributed by atoms with Crippen molar-refractivity contribution < 1.29 is 17.6 Å². The molecule has 1 heterocycles. The number of nitrogens with zero attached hydrogens (tertiary/aromatic N) is 1. The zero-order valence-electron chi connectivity index (χ0n) is 8.80. The number of halogens is 5. The van der Waals surface area contributed by atoms with Crippen LogP contribution >= 0.6 is 11.6 Å². The van der Waals surface area contributed by atoms with Crippen LogP contribution in [0.5, 0.6) is 0 Å². The first-order valence-corrected chi connectivity index (χ1v) is 5.25. The Morgan fingerprint density at radius 3 is 2.33 bits per heavy atom. The van der Waals surface area contributed by atoms with Crippen molar-refractivity contribution in [2.75, 3.05) is 0 Å². The van der Waals surface area contributed by atoms with E-state index in [9.17, 15) is 17.6 Å².